The van der Waals surface area contributed by atoms with E-state index in [0.717, 1.165) is 17.7 Å². The van der Waals surface area contributed by atoms with Gasteiger partial charge in [-0.1, -0.05) is 17.7 Å². The van der Waals surface area contributed by atoms with Crippen LogP contribution in [0.1, 0.15) is 25.8 Å². The predicted molar refractivity (Wildman–Crippen MR) is 78.1 cm³/mol. The smallest absolute Gasteiger partial charge is 0.328 e. The van der Waals surface area contributed by atoms with Gasteiger partial charge in [0.2, 0.25) is 5.91 Å². The maximum Gasteiger partial charge on any atom is 0.328 e. The van der Waals surface area contributed by atoms with Crippen LogP contribution in [0.4, 0.5) is 8.78 Å². The number of hydrogen-bond acceptors (Lipinski definition) is 3. The molecule has 1 amide bonds. The summed E-state index contributed by atoms with van der Waals surface area (Å²) in [6, 6.07) is 2.43. The Balaban J connectivity index is 2.71. The Bertz CT molecular complexity index is 581. The predicted octanol–water partition coefficient (Wildman–Crippen LogP) is 2.52. The maximum absolute atomic E-state index is 13.1. The van der Waals surface area contributed by atoms with E-state index >= 15 is 0 Å². The molecule has 0 heterocycles. The molecule has 0 unspecified atom stereocenters. The molecule has 0 saturated heterocycles. The normalized spacial score (nSPS) is 11.5. The summed E-state index contributed by atoms with van der Waals surface area (Å²) in [6.45, 7) is 3.74. The van der Waals surface area contributed by atoms with Crippen molar-refractivity contribution >= 4 is 11.9 Å². The number of esters is 1. The number of rotatable bonds is 6. The second-order valence-electron chi connectivity index (χ2n) is 5.09. The zero-order valence-electron chi connectivity index (χ0n) is 12.8. The van der Waals surface area contributed by atoms with Crippen molar-refractivity contribution < 1.29 is 23.1 Å². The van der Waals surface area contributed by atoms with E-state index in [9.17, 15) is 18.4 Å². The highest BCUT2D eigenvalue weighted by atomic mass is 19.2. The molecule has 4 nitrogen and oxygen atoms in total. The van der Waals surface area contributed by atoms with Crippen LogP contribution in [-0.4, -0.2) is 25.0 Å². The molecule has 0 aromatic heterocycles. The van der Waals surface area contributed by atoms with Gasteiger partial charge in [-0.25, -0.2) is 13.6 Å². The fourth-order valence-corrected chi connectivity index (χ4v) is 1.79. The molecule has 120 valence electrons. The number of carbonyl (C=O) groups is 2. The lowest BCUT2D eigenvalue weighted by molar-refractivity contribution is -0.144. The summed E-state index contributed by atoms with van der Waals surface area (Å²) >= 11 is 0. The third kappa shape index (κ3) is 5.63. The highest BCUT2D eigenvalue weighted by molar-refractivity contribution is 5.85. The van der Waals surface area contributed by atoms with E-state index in [1.165, 1.54) is 13.2 Å². The van der Waals surface area contributed by atoms with E-state index in [4.69, 9.17) is 0 Å². The van der Waals surface area contributed by atoms with Crippen LogP contribution in [0.3, 0.4) is 0 Å². The number of carbonyl (C=O) groups excluding carboxylic acids is 2. The summed E-state index contributed by atoms with van der Waals surface area (Å²) in [4.78, 5) is 23.6. The minimum absolute atomic E-state index is 0.153. The summed E-state index contributed by atoms with van der Waals surface area (Å²) in [5, 5.41) is 2.53. The van der Waals surface area contributed by atoms with Gasteiger partial charge in [-0.2, -0.15) is 0 Å². The van der Waals surface area contributed by atoms with Crippen molar-refractivity contribution in [3.05, 3.63) is 47.0 Å². The lowest BCUT2D eigenvalue weighted by Gasteiger charge is -2.15. The lowest BCUT2D eigenvalue weighted by atomic mass is 10.1. The fraction of sp³-hybridized carbons (Fsp3) is 0.375. The van der Waals surface area contributed by atoms with Crippen LogP contribution in [0.15, 0.2) is 29.8 Å². The Morgan fingerprint density at radius 3 is 2.50 bits per heavy atom. The average Bonchev–Trinajstić information content (AvgIpc) is 2.46. The molecule has 0 fully saturated rings. The Labute approximate surface area is 128 Å². The molecule has 1 N–H and O–H groups in total. The summed E-state index contributed by atoms with van der Waals surface area (Å²) in [7, 11) is 1.24. The van der Waals surface area contributed by atoms with Gasteiger partial charge in [0.05, 0.1) is 13.5 Å². The van der Waals surface area contributed by atoms with Crippen LogP contribution in [-0.2, 0) is 20.7 Å². The Morgan fingerprint density at radius 2 is 1.95 bits per heavy atom. The Kier molecular flexibility index (Phi) is 6.69. The van der Waals surface area contributed by atoms with E-state index < -0.39 is 29.6 Å². The van der Waals surface area contributed by atoms with Crippen molar-refractivity contribution in [2.75, 3.05) is 7.11 Å². The Hall–Kier alpha value is -2.24. The van der Waals surface area contributed by atoms with Gasteiger partial charge in [0.25, 0.3) is 0 Å². The number of amides is 1. The minimum atomic E-state index is -1.01. The number of halogens is 2. The third-order valence-corrected chi connectivity index (χ3v) is 2.93. The van der Waals surface area contributed by atoms with Crippen molar-refractivity contribution in [1.82, 2.24) is 5.32 Å². The van der Waals surface area contributed by atoms with E-state index in [2.05, 4.69) is 10.1 Å². The molecule has 0 radical (unpaired) electrons. The van der Waals surface area contributed by atoms with E-state index in [-0.39, 0.29) is 6.42 Å². The molecule has 0 aliphatic carbocycles. The molecule has 1 rings (SSSR count). The first-order valence-electron chi connectivity index (χ1n) is 6.78. The molecule has 0 spiro atoms. The highest BCUT2D eigenvalue weighted by Crippen LogP contribution is 2.09. The third-order valence-electron chi connectivity index (χ3n) is 2.93. The van der Waals surface area contributed by atoms with Gasteiger partial charge >= 0.3 is 5.97 Å². The van der Waals surface area contributed by atoms with Crippen molar-refractivity contribution in [2.45, 2.75) is 32.7 Å². The summed E-state index contributed by atoms with van der Waals surface area (Å²) < 4.78 is 30.6. The van der Waals surface area contributed by atoms with Gasteiger partial charge in [0, 0.05) is 0 Å². The number of allylic oxidation sites excluding steroid dienone is 1. The molecule has 1 aromatic rings. The molecule has 0 saturated carbocycles. The van der Waals surface area contributed by atoms with Crippen LogP contribution >= 0.6 is 0 Å². The van der Waals surface area contributed by atoms with Crippen LogP contribution in [0.25, 0.3) is 0 Å². The van der Waals surface area contributed by atoms with E-state index in [1.54, 1.807) is 6.08 Å². The second kappa shape index (κ2) is 8.26. The first-order valence-corrected chi connectivity index (χ1v) is 6.78. The summed E-state index contributed by atoms with van der Waals surface area (Å²) in [5.41, 5.74) is 1.32. The average molecular weight is 311 g/mol. The first-order chi connectivity index (χ1) is 10.3. The minimum Gasteiger partial charge on any atom is -0.467 e. The van der Waals surface area contributed by atoms with Gasteiger partial charge < -0.3 is 10.1 Å². The first kappa shape index (κ1) is 17.8. The SMILES string of the molecule is COC(=O)[C@@H](CC=C(C)C)NC(=O)Cc1ccc(F)c(F)c1. The van der Waals surface area contributed by atoms with Crippen LogP contribution in [0.5, 0.6) is 0 Å². The lowest BCUT2D eigenvalue weighted by Crippen LogP contribution is -2.41. The highest BCUT2D eigenvalue weighted by Gasteiger charge is 2.20. The van der Waals surface area contributed by atoms with Crippen molar-refractivity contribution in [2.24, 2.45) is 0 Å². The molecule has 1 atom stereocenters. The molecule has 0 aliphatic rings. The van der Waals surface area contributed by atoms with Crippen LogP contribution in [0.2, 0.25) is 0 Å². The van der Waals surface area contributed by atoms with Crippen molar-refractivity contribution in [3.8, 4) is 0 Å². The monoisotopic (exact) mass is 311 g/mol. The fourth-order valence-electron chi connectivity index (χ4n) is 1.79. The number of hydrogen-bond donors (Lipinski definition) is 1. The molecule has 0 aliphatic heterocycles. The topological polar surface area (TPSA) is 55.4 Å². The Morgan fingerprint density at radius 1 is 1.27 bits per heavy atom. The van der Waals surface area contributed by atoms with Crippen molar-refractivity contribution in [3.63, 3.8) is 0 Å². The zero-order valence-corrected chi connectivity index (χ0v) is 12.8. The summed E-state index contributed by atoms with van der Waals surface area (Å²) in [5.74, 6) is -3.01. The van der Waals surface area contributed by atoms with E-state index in [1.807, 2.05) is 13.8 Å². The molecule has 0 bridgehead atoms. The van der Waals surface area contributed by atoms with Gasteiger partial charge in [-0.05, 0) is 38.0 Å². The number of nitrogens with one attached hydrogen (secondary N) is 1. The largest absolute Gasteiger partial charge is 0.467 e. The van der Waals surface area contributed by atoms with Crippen LogP contribution < -0.4 is 5.32 Å². The molecule has 6 heteroatoms. The van der Waals surface area contributed by atoms with Crippen molar-refractivity contribution in [1.29, 1.82) is 0 Å². The van der Waals surface area contributed by atoms with Crippen LogP contribution in [0, 0.1) is 11.6 Å². The number of methoxy groups -OCH3 is 1. The molecule has 22 heavy (non-hydrogen) atoms. The van der Waals surface area contributed by atoms with Gasteiger partial charge in [0.15, 0.2) is 11.6 Å². The number of benzene rings is 1. The zero-order chi connectivity index (χ0) is 16.7. The molecular formula is C16H19F2NO3. The van der Waals surface area contributed by atoms with Gasteiger partial charge in [-0.3, -0.25) is 4.79 Å². The molecule has 1 aromatic carbocycles. The van der Waals surface area contributed by atoms with Gasteiger partial charge in [-0.15, -0.1) is 0 Å². The number of ether oxygens (including phenoxy) is 1. The maximum atomic E-state index is 13.1. The second-order valence-corrected chi connectivity index (χ2v) is 5.09. The van der Waals surface area contributed by atoms with E-state index in [0.29, 0.717) is 12.0 Å². The standard InChI is InChI=1S/C16H19F2NO3/c1-10(2)4-7-14(16(21)22-3)19-15(20)9-11-5-6-12(17)13(18)8-11/h4-6,8,14H,7,9H2,1-3H3,(H,19,20)/t14-/m1/s1. The quantitative estimate of drug-likeness (QED) is 0.649. The molecular weight excluding hydrogens is 292 g/mol. The van der Waals surface area contributed by atoms with Gasteiger partial charge in [0.1, 0.15) is 6.04 Å². The summed E-state index contributed by atoms with van der Waals surface area (Å²) in [6.07, 6.45) is 1.96.